The molecule has 24 heavy (non-hydrogen) atoms. The highest BCUT2D eigenvalue weighted by atomic mass is 16.6. The number of aromatic nitrogens is 1. The van der Waals surface area contributed by atoms with E-state index in [1.165, 1.54) is 30.3 Å². The predicted octanol–water partition coefficient (Wildman–Crippen LogP) is 3.82. The van der Waals surface area contributed by atoms with Crippen LogP contribution in [0.4, 0.5) is 5.69 Å². The number of nitriles is 1. The van der Waals surface area contributed by atoms with Crippen LogP contribution in [0.2, 0.25) is 0 Å². The molecule has 0 aliphatic heterocycles. The van der Waals surface area contributed by atoms with Crippen LogP contribution in [-0.2, 0) is 0 Å². The van der Waals surface area contributed by atoms with Gasteiger partial charge in [0.05, 0.1) is 17.5 Å². The molecule has 3 aromatic rings. The molecule has 0 saturated heterocycles. The molecule has 0 N–H and O–H groups in total. The van der Waals surface area contributed by atoms with Crippen LogP contribution in [0.1, 0.15) is 5.69 Å². The Morgan fingerprint density at radius 3 is 2.46 bits per heavy atom. The van der Waals surface area contributed by atoms with Crippen molar-refractivity contribution in [3.05, 3.63) is 64.3 Å². The lowest BCUT2D eigenvalue weighted by atomic mass is 10.1. The van der Waals surface area contributed by atoms with Gasteiger partial charge in [0.15, 0.2) is 0 Å². The number of nitrogens with zero attached hydrogens (tertiary/aromatic N) is 3. The highest BCUT2D eigenvalue weighted by Crippen LogP contribution is 2.32. The van der Waals surface area contributed by atoms with Crippen molar-refractivity contribution in [1.82, 2.24) is 4.98 Å². The molecule has 0 fully saturated rings. The molecule has 3 rings (SSSR count). The van der Waals surface area contributed by atoms with E-state index < -0.39 is 4.92 Å². The summed E-state index contributed by atoms with van der Waals surface area (Å²) >= 11 is 0. The summed E-state index contributed by atoms with van der Waals surface area (Å²) < 4.78 is 10.9. The van der Waals surface area contributed by atoms with E-state index in [1.807, 2.05) is 6.07 Å². The van der Waals surface area contributed by atoms with Gasteiger partial charge in [0, 0.05) is 29.7 Å². The smallest absolute Gasteiger partial charge is 0.269 e. The lowest BCUT2D eigenvalue weighted by Crippen LogP contribution is -1.93. The first kappa shape index (κ1) is 15.2. The topological polar surface area (TPSA) is 98.3 Å². The number of pyridine rings is 1. The van der Waals surface area contributed by atoms with E-state index in [2.05, 4.69) is 4.98 Å². The summed E-state index contributed by atoms with van der Waals surface area (Å²) in [5.74, 6) is 1.48. The Morgan fingerprint density at radius 1 is 1.12 bits per heavy atom. The van der Waals surface area contributed by atoms with Crippen LogP contribution in [-0.4, -0.2) is 17.0 Å². The Kier molecular flexibility index (Phi) is 3.95. The van der Waals surface area contributed by atoms with Gasteiger partial charge in [-0.05, 0) is 24.3 Å². The predicted molar refractivity (Wildman–Crippen MR) is 86.2 cm³/mol. The molecule has 7 heteroatoms. The Bertz CT molecular complexity index is 962. The second-order valence-electron chi connectivity index (χ2n) is 4.85. The number of non-ortho nitro benzene ring substituents is 1. The molecular weight excluding hydrogens is 310 g/mol. The molecule has 0 unspecified atom stereocenters. The van der Waals surface area contributed by atoms with Crippen LogP contribution in [0.3, 0.4) is 0 Å². The van der Waals surface area contributed by atoms with Gasteiger partial charge in [-0.2, -0.15) is 5.26 Å². The number of hydrogen-bond acceptors (Lipinski definition) is 6. The third-order valence-corrected chi connectivity index (χ3v) is 3.37. The first-order valence-corrected chi connectivity index (χ1v) is 6.92. The largest absolute Gasteiger partial charge is 0.497 e. The standard InChI is InChI=1S/C17H11N3O4/c1-23-14-6-7-15-16(9-14)19-11(10-18)8-17(15)24-13-4-2-12(3-5-13)20(21)22/h2-9H,1H3. The van der Waals surface area contributed by atoms with E-state index in [4.69, 9.17) is 14.7 Å². The Balaban J connectivity index is 2.04. The molecule has 0 bridgehead atoms. The third kappa shape index (κ3) is 2.94. The molecule has 7 nitrogen and oxygen atoms in total. The van der Waals surface area contributed by atoms with Crippen molar-refractivity contribution in [2.45, 2.75) is 0 Å². The summed E-state index contributed by atoms with van der Waals surface area (Å²) in [6, 6.07) is 14.5. The fraction of sp³-hybridized carbons (Fsp3) is 0.0588. The number of rotatable bonds is 4. The van der Waals surface area contributed by atoms with Gasteiger partial charge >= 0.3 is 0 Å². The maximum absolute atomic E-state index is 10.7. The van der Waals surface area contributed by atoms with Crippen molar-refractivity contribution in [2.24, 2.45) is 0 Å². The molecule has 0 atom stereocenters. The molecule has 0 radical (unpaired) electrons. The third-order valence-electron chi connectivity index (χ3n) is 3.37. The van der Waals surface area contributed by atoms with Gasteiger partial charge in [0.1, 0.15) is 29.0 Å². The minimum absolute atomic E-state index is 0.0237. The molecule has 0 amide bonds. The monoisotopic (exact) mass is 321 g/mol. The average molecular weight is 321 g/mol. The number of nitro benzene ring substituents is 1. The highest BCUT2D eigenvalue weighted by molar-refractivity contribution is 5.87. The number of ether oxygens (including phenoxy) is 2. The first-order valence-electron chi connectivity index (χ1n) is 6.92. The van der Waals surface area contributed by atoms with E-state index in [9.17, 15) is 10.1 Å². The molecular formula is C17H11N3O4. The first-order chi connectivity index (χ1) is 11.6. The number of nitro groups is 1. The van der Waals surface area contributed by atoms with E-state index in [1.54, 1.807) is 25.3 Å². The van der Waals surface area contributed by atoms with Crippen molar-refractivity contribution in [2.75, 3.05) is 7.11 Å². The Hall–Kier alpha value is -3.66. The van der Waals surface area contributed by atoms with Gasteiger partial charge in [0.2, 0.25) is 0 Å². The van der Waals surface area contributed by atoms with Crippen molar-refractivity contribution in [3.8, 4) is 23.3 Å². The van der Waals surface area contributed by atoms with Gasteiger partial charge in [-0.3, -0.25) is 10.1 Å². The zero-order valence-electron chi connectivity index (χ0n) is 12.6. The van der Waals surface area contributed by atoms with Gasteiger partial charge in [-0.25, -0.2) is 4.98 Å². The molecule has 0 spiro atoms. The van der Waals surface area contributed by atoms with Crippen molar-refractivity contribution < 1.29 is 14.4 Å². The molecule has 0 aliphatic rings. The molecule has 1 heterocycles. The number of hydrogen-bond donors (Lipinski definition) is 0. The van der Waals surface area contributed by atoms with Crippen molar-refractivity contribution >= 4 is 16.6 Å². The lowest BCUT2D eigenvalue weighted by Gasteiger charge is -2.10. The molecule has 1 aromatic heterocycles. The maximum atomic E-state index is 10.7. The normalized spacial score (nSPS) is 10.2. The van der Waals surface area contributed by atoms with Crippen LogP contribution in [0.25, 0.3) is 10.9 Å². The average Bonchev–Trinajstić information content (AvgIpc) is 2.61. The number of benzene rings is 2. The summed E-state index contributed by atoms with van der Waals surface area (Å²) in [4.78, 5) is 14.4. The lowest BCUT2D eigenvalue weighted by molar-refractivity contribution is -0.384. The second-order valence-corrected chi connectivity index (χ2v) is 4.85. The van der Waals surface area contributed by atoms with Gasteiger partial charge in [0.25, 0.3) is 5.69 Å². The van der Waals surface area contributed by atoms with Crippen LogP contribution in [0, 0.1) is 21.4 Å². The summed E-state index contributed by atoms with van der Waals surface area (Å²) in [7, 11) is 1.55. The van der Waals surface area contributed by atoms with Crippen LogP contribution in [0.15, 0.2) is 48.5 Å². The highest BCUT2D eigenvalue weighted by Gasteiger charge is 2.11. The summed E-state index contributed by atoms with van der Waals surface area (Å²) in [5, 5.41) is 20.5. The van der Waals surface area contributed by atoms with Crippen molar-refractivity contribution in [3.63, 3.8) is 0 Å². The van der Waals surface area contributed by atoms with Gasteiger partial charge < -0.3 is 9.47 Å². The number of fused-ring (bicyclic) bond motifs is 1. The van der Waals surface area contributed by atoms with Crippen LogP contribution < -0.4 is 9.47 Å². The van der Waals surface area contributed by atoms with Crippen LogP contribution in [0.5, 0.6) is 17.2 Å². The minimum Gasteiger partial charge on any atom is -0.497 e. The SMILES string of the molecule is COc1ccc2c(Oc3ccc([N+](=O)[O-])cc3)cc(C#N)nc2c1. The minimum atomic E-state index is -0.480. The van der Waals surface area contributed by atoms with Gasteiger partial charge in [-0.15, -0.1) is 0 Å². The Labute approximate surface area is 136 Å². The van der Waals surface area contributed by atoms with E-state index in [-0.39, 0.29) is 11.4 Å². The maximum Gasteiger partial charge on any atom is 0.269 e. The summed E-state index contributed by atoms with van der Waals surface area (Å²) in [6.07, 6.45) is 0. The zero-order valence-corrected chi connectivity index (χ0v) is 12.6. The second kappa shape index (κ2) is 6.22. The van der Waals surface area contributed by atoms with Gasteiger partial charge in [-0.1, -0.05) is 0 Å². The quantitative estimate of drug-likeness (QED) is 0.535. The van der Waals surface area contributed by atoms with Crippen molar-refractivity contribution in [1.29, 1.82) is 5.26 Å². The summed E-state index contributed by atoms with van der Waals surface area (Å²) in [5.41, 5.74) is 0.738. The van der Waals surface area contributed by atoms with E-state index in [0.717, 1.165) is 0 Å². The Morgan fingerprint density at radius 2 is 1.83 bits per heavy atom. The molecule has 118 valence electrons. The molecule has 0 aliphatic carbocycles. The molecule has 0 saturated carbocycles. The zero-order chi connectivity index (χ0) is 17.1. The fourth-order valence-corrected chi connectivity index (χ4v) is 2.21. The number of methoxy groups -OCH3 is 1. The van der Waals surface area contributed by atoms with E-state index in [0.29, 0.717) is 28.2 Å². The van der Waals surface area contributed by atoms with Crippen LogP contribution >= 0.6 is 0 Å². The fourth-order valence-electron chi connectivity index (χ4n) is 2.21. The van der Waals surface area contributed by atoms with E-state index >= 15 is 0 Å². The molecule has 2 aromatic carbocycles. The summed E-state index contributed by atoms with van der Waals surface area (Å²) in [6.45, 7) is 0.